The van der Waals surface area contributed by atoms with Gasteiger partial charge in [0.2, 0.25) is 0 Å². The molecule has 6 heteroatoms. The van der Waals surface area contributed by atoms with Crippen molar-refractivity contribution in [1.29, 1.82) is 0 Å². The summed E-state index contributed by atoms with van der Waals surface area (Å²) in [5.41, 5.74) is 0. The van der Waals surface area contributed by atoms with Gasteiger partial charge in [-0.15, -0.1) is 0 Å². The van der Waals surface area contributed by atoms with Gasteiger partial charge >= 0.3 is 8.80 Å². The topological polar surface area (TPSA) is 68.2 Å². The van der Waals surface area contributed by atoms with Gasteiger partial charge in [0.25, 0.3) is 0 Å². The van der Waals surface area contributed by atoms with Gasteiger partial charge in [-0.1, -0.05) is 64.7 Å². The fourth-order valence-electron chi connectivity index (χ4n) is 3.27. The highest BCUT2D eigenvalue weighted by Gasteiger charge is 2.40. The normalized spacial score (nSPS) is 12.0. The fourth-order valence-corrected chi connectivity index (χ4v) is 5.99. The smallest absolute Gasteiger partial charge is 0.396 e. The summed E-state index contributed by atoms with van der Waals surface area (Å²) in [4.78, 5) is 0. The maximum absolute atomic E-state index is 8.97. The minimum atomic E-state index is -2.65. The van der Waals surface area contributed by atoms with E-state index >= 15 is 0 Å². The highest BCUT2D eigenvalue weighted by Crippen LogP contribution is 2.22. The molecule has 0 aromatic carbocycles. The van der Waals surface area contributed by atoms with Crippen LogP contribution in [0, 0.1) is 0 Å². The maximum Gasteiger partial charge on any atom is 0.500 e. The van der Waals surface area contributed by atoms with E-state index in [9.17, 15) is 0 Å². The molecule has 0 bridgehead atoms. The Labute approximate surface area is 175 Å². The van der Waals surface area contributed by atoms with Gasteiger partial charge in [-0.05, 0) is 39.0 Å². The van der Waals surface area contributed by atoms with Crippen molar-refractivity contribution in [2.24, 2.45) is 0 Å². The van der Waals surface area contributed by atoms with Gasteiger partial charge in [-0.25, -0.2) is 0 Å². The van der Waals surface area contributed by atoms with Gasteiger partial charge in [0.1, 0.15) is 0 Å². The molecule has 0 fully saturated rings. The van der Waals surface area contributed by atoms with E-state index < -0.39 is 8.80 Å². The second-order valence-electron chi connectivity index (χ2n) is 7.61. The Bertz CT molecular complexity index is 293. The van der Waals surface area contributed by atoms with E-state index in [-0.39, 0.29) is 13.2 Å². The third-order valence-electron chi connectivity index (χ3n) is 4.95. The second-order valence-corrected chi connectivity index (χ2v) is 10.3. The first-order valence-electron chi connectivity index (χ1n) is 11.9. The number of rotatable bonds is 23. The summed E-state index contributed by atoms with van der Waals surface area (Å²) in [5, 5.41) is 17.9. The molecule has 0 amide bonds. The summed E-state index contributed by atoms with van der Waals surface area (Å²) >= 11 is 0. The number of hydrogen-bond donors (Lipinski definition) is 2. The average Bonchev–Trinajstić information content (AvgIpc) is 2.70. The molecule has 0 atom stereocenters. The van der Waals surface area contributed by atoms with Crippen LogP contribution in [0.15, 0.2) is 0 Å². The number of aliphatic hydroxyl groups excluding tert-OH is 2. The van der Waals surface area contributed by atoms with Crippen molar-refractivity contribution in [3.63, 3.8) is 0 Å². The molecule has 5 nitrogen and oxygen atoms in total. The van der Waals surface area contributed by atoms with Crippen LogP contribution < -0.4 is 0 Å². The zero-order valence-corrected chi connectivity index (χ0v) is 19.8. The molecule has 0 radical (unpaired) electrons. The van der Waals surface area contributed by atoms with E-state index in [1.807, 2.05) is 6.92 Å². The molecule has 2 N–H and O–H groups in total. The fraction of sp³-hybridized carbons (Fsp3) is 1.00. The molecule has 0 aromatic rings. The predicted octanol–water partition coefficient (Wildman–Crippen LogP) is 5.46. The quantitative estimate of drug-likeness (QED) is 0.170. The molecule has 0 rings (SSSR count). The first-order valence-corrected chi connectivity index (χ1v) is 13.8. The Hall–Kier alpha value is 0.0169. The van der Waals surface area contributed by atoms with Gasteiger partial charge in [0.15, 0.2) is 0 Å². The third kappa shape index (κ3) is 16.9. The molecule has 0 saturated carbocycles. The molecule has 28 heavy (non-hydrogen) atoms. The van der Waals surface area contributed by atoms with Crippen molar-refractivity contribution in [1.82, 2.24) is 0 Å². The molecule has 0 unspecified atom stereocenters. The highest BCUT2D eigenvalue weighted by atomic mass is 28.4. The first-order chi connectivity index (χ1) is 13.7. The monoisotopic (exact) mass is 420 g/mol. The number of unbranched alkanes of at least 4 members (excludes halogenated alkanes) is 11. The lowest BCUT2D eigenvalue weighted by Gasteiger charge is -2.29. The molecule has 0 aliphatic rings. The molecule has 170 valence electrons. The van der Waals surface area contributed by atoms with Gasteiger partial charge in [0.05, 0.1) is 0 Å². The summed E-state index contributed by atoms with van der Waals surface area (Å²) in [6.07, 6.45) is 16.2. The summed E-state index contributed by atoms with van der Waals surface area (Å²) in [7, 11) is -2.65. The molecule has 0 heterocycles. The van der Waals surface area contributed by atoms with Gasteiger partial charge < -0.3 is 23.5 Å². The lowest BCUT2D eigenvalue weighted by atomic mass is 10.1. The Morgan fingerprint density at radius 2 is 1.00 bits per heavy atom. The van der Waals surface area contributed by atoms with Crippen molar-refractivity contribution >= 4 is 8.80 Å². The summed E-state index contributed by atoms with van der Waals surface area (Å²) in [5.74, 6) is 0. The molecule has 0 aliphatic heterocycles. The van der Waals surface area contributed by atoms with Crippen LogP contribution in [-0.2, 0) is 13.3 Å². The standard InChI is InChI=1S/C22H48O5Si/c1-3-5-6-7-8-9-10-11-12-17-22-28(25-4-2,26-20-15-13-18-23)27-21-16-14-19-24/h23-24H,3-22H2,1-2H3. The lowest BCUT2D eigenvalue weighted by Crippen LogP contribution is -2.46. The zero-order valence-electron chi connectivity index (χ0n) is 18.8. The molecular weight excluding hydrogens is 372 g/mol. The molecule has 0 aromatic heterocycles. The summed E-state index contributed by atoms with van der Waals surface area (Å²) in [6, 6.07) is 0.871. The van der Waals surface area contributed by atoms with Crippen LogP contribution in [0.1, 0.15) is 104 Å². The lowest BCUT2D eigenvalue weighted by molar-refractivity contribution is 0.0578. The molecule has 0 aliphatic carbocycles. The van der Waals surface area contributed by atoms with Gasteiger partial charge in [0, 0.05) is 39.1 Å². The van der Waals surface area contributed by atoms with Gasteiger partial charge in [-0.3, -0.25) is 0 Å². The molecular formula is C22H48O5Si. The van der Waals surface area contributed by atoms with E-state index in [4.69, 9.17) is 23.5 Å². The van der Waals surface area contributed by atoms with Crippen molar-refractivity contribution in [2.75, 3.05) is 33.0 Å². The van der Waals surface area contributed by atoms with E-state index in [1.54, 1.807) is 0 Å². The first kappa shape index (κ1) is 28.0. The van der Waals surface area contributed by atoms with E-state index in [0.717, 1.165) is 38.1 Å². The largest absolute Gasteiger partial charge is 0.500 e. The van der Waals surface area contributed by atoms with Crippen LogP contribution in [-0.4, -0.2) is 52.1 Å². The highest BCUT2D eigenvalue weighted by molar-refractivity contribution is 6.60. The minimum absolute atomic E-state index is 0.197. The number of aliphatic hydroxyl groups is 2. The van der Waals surface area contributed by atoms with Crippen molar-refractivity contribution in [3.8, 4) is 0 Å². The van der Waals surface area contributed by atoms with Crippen LogP contribution in [0.4, 0.5) is 0 Å². The molecule has 0 saturated heterocycles. The van der Waals surface area contributed by atoms with Crippen LogP contribution in [0.3, 0.4) is 0 Å². The van der Waals surface area contributed by atoms with Crippen molar-refractivity contribution in [2.45, 2.75) is 110 Å². The van der Waals surface area contributed by atoms with E-state index in [1.165, 1.54) is 57.8 Å². The average molecular weight is 421 g/mol. The Morgan fingerprint density at radius 1 is 0.536 bits per heavy atom. The van der Waals surface area contributed by atoms with Crippen LogP contribution in [0.5, 0.6) is 0 Å². The van der Waals surface area contributed by atoms with E-state index in [2.05, 4.69) is 6.92 Å². The Morgan fingerprint density at radius 3 is 1.43 bits per heavy atom. The van der Waals surface area contributed by atoms with Crippen molar-refractivity contribution in [3.05, 3.63) is 0 Å². The Kier molecular flexibility index (Phi) is 21.7. The summed E-state index contributed by atoms with van der Waals surface area (Å²) < 4.78 is 18.4. The maximum atomic E-state index is 8.97. The third-order valence-corrected chi connectivity index (χ3v) is 7.93. The van der Waals surface area contributed by atoms with Crippen molar-refractivity contribution < 1.29 is 23.5 Å². The van der Waals surface area contributed by atoms with Crippen LogP contribution >= 0.6 is 0 Å². The Balaban J connectivity index is 4.17. The molecule has 0 spiro atoms. The van der Waals surface area contributed by atoms with E-state index in [0.29, 0.717) is 19.8 Å². The second kappa shape index (κ2) is 21.7. The predicted molar refractivity (Wildman–Crippen MR) is 119 cm³/mol. The van der Waals surface area contributed by atoms with Crippen LogP contribution in [0.25, 0.3) is 0 Å². The minimum Gasteiger partial charge on any atom is -0.396 e. The SMILES string of the molecule is CCCCCCCCCCCC[Si](OCC)(OCCCCO)OCCCCO. The zero-order chi connectivity index (χ0) is 20.8. The van der Waals surface area contributed by atoms with Gasteiger partial charge in [-0.2, -0.15) is 0 Å². The van der Waals surface area contributed by atoms with Crippen LogP contribution in [0.2, 0.25) is 6.04 Å². The summed E-state index contributed by atoms with van der Waals surface area (Å²) in [6.45, 7) is 6.43. The number of hydrogen-bond acceptors (Lipinski definition) is 5.